The molecule has 1 atom stereocenters. The Morgan fingerprint density at radius 1 is 1.21 bits per heavy atom. The third-order valence-corrected chi connectivity index (χ3v) is 5.83. The number of carbonyl (C=O) groups excluding carboxylic acids is 1. The molecule has 5 heteroatoms. The predicted molar refractivity (Wildman–Crippen MR) is 117 cm³/mol. The van der Waals surface area contributed by atoms with E-state index in [0.717, 1.165) is 35.2 Å². The molecule has 1 N–H and O–H groups in total. The molecule has 0 spiro atoms. The minimum Gasteiger partial charge on any atom is -0.347 e. The van der Waals surface area contributed by atoms with E-state index in [1.54, 1.807) is 0 Å². The average molecular weight is 391 g/mol. The van der Waals surface area contributed by atoms with Gasteiger partial charge in [0.25, 0.3) is 5.91 Å². The second-order valence-corrected chi connectivity index (χ2v) is 8.68. The molecule has 0 aliphatic heterocycles. The van der Waals surface area contributed by atoms with Crippen LogP contribution in [0.5, 0.6) is 0 Å². The summed E-state index contributed by atoms with van der Waals surface area (Å²) >= 11 is 0. The van der Waals surface area contributed by atoms with Gasteiger partial charge in [0.05, 0.1) is 17.4 Å². The first-order valence-corrected chi connectivity index (χ1v) is 10.4. The third-order valence-electron chi connectivity index (χ3n) is 5.83. The van der Waals surface area contributed by atoms with Crippen LogP contribution in [-0.2, 0) is 13.1 Å². The number of amides is 1. The van der Waals surface area contributed by atoms with E-state index in [4.69, 9.17) is 0 Å². The molecule has 1 fully saturated rings. The number of imidazole rings is 1. The molecule has 152 valence electrons. The molecule has 1 amide bonds. The molecule has 4 rings (SSSR count). The summed E-state index contributed by atoms with van der Waals surface area (Å²) in [6.07, 6.45) is 4.26. The number of fused-ring (bicyclic) bond motifs is 1. The van der Waals surface area contributed by atoms with Crippen LogP contribution in [0.4, 0.5) is 0 Å². The summed E-state index contributed by atoms with van der Waals surface area (Å²) in [5.74, 6) is 0.562. The molecule has 1 saturated carbocycles. The zero-order valence-corrected chi connectivity index (χ0v) is 17.8. The number of nitrogens with zero attached hydrogens (tertiary/aromatic N) is 3. The van der Waals surface area contributed by atoms with E-state index in [9.17, 15) is 4.79 Å². The summed E-state index contributed by atoms with van der Waals surface area (Å²) in [5, 5.41) is 3.30. The highest BCUT2D eigenvalue weighted by atomic mass is 16.1. The lowest BCUT2D eigenvalue weighted by Gasteiger charge is -2.20. The van der Waals surface area contributed by atoms with Gasteiger partial charge in [-0.1, -0.05) is 12.1 Å². The summed E-state index contributed by atoms with van der Waals surface area (Å²) in [4.78, 5) is 19.7. The van der Waals surface area contributed by atoms with E-state index in [0.29, 0.717) is 5.92 Å². The van der Waals surface area contributed by atoms with E-state index in [-0.39, 0.29) is 11.9 Å². The number of hydrogen-bond donors (Lipinski definition) is 1. The van der Waals surface area contributed by atoms with Crippen LogP contribution < -0.4 is 5.32 Å². The van der Waals surface area contributed by atoms with Crippen molar-refractivity contribution in [3.8, 4) is 0 Å². The highest BCUT2D eigenvalue weighted by molar-refractivity contribution is 5.94. The molecule has 1 heterocycles. The fourth-order valence-electron chi connectivity index (χ4n) is 3.91. The molecule has 29 heavy (non-hydrogen) atoms. The van der Waals surface area contributed by atoms with E-state index >= 15 is 0 Å². The Hall–Kier alpha value is -2.66. The lowest BCUT2D eigenvalue weighted by molar-refractivity contribution is 0.0927. The quantitative estimate of drug-likeness (QED) is 0.665. The lowest BCUT2D eigenvalue weighted by atomic mass is 10.1. The fourth-order valence-corrected chi connectivity index (χ4v) is 3.91. The maximum atomic E-state index is 13.0. The summed E-state index contributed by atoms with van der Waals surface area (Å²) < 4.78 is 2.19. The van der Waals surface area contributed by atoms with Crippen molar-refractivity contribution in [2.45, 2.75) is 45.8 Å². The van der Waals surface area contributed by atoms with Crippen molar-refractivity contribution in [1.29, 1.82) is 0 Å². The third kappa shape index (κ3) is 4.51. The largest absolute Gasteiger partial charge is 0.347 e. The van der Waals surface area contributed by atoms with Gasteiger partial charge in [-0.15, -0.1) is 0 Å². The van der Waals surface area contributed by atoms with Crippen molar-refractivity contribution in [2.75, 3.05) is 14.1 Å². The zero-order valence-electron chi connectivity index (χ0n) is 17.8. The van der Waals surface area contributed by atoms with Gasteiger partial charge < -0.3 is 14.8 Å². The van der Waals surface area contributed by atoms with Gasteiger partial charge in [-0.2, -0.15) is 0 Å². The Balaban J connectivity index is 1.52. The molecule has 2 aromatic carbocycles. The monoisotopic (exact) mass is 390 g/mol. The van der Waals surface area contributed by atoms with Crippen LogP contribution in [0.1, 0.15) is 39.9 Å². The number of aryl methyl sites for hydroxylation is 2. The standard InChI is InChI=1S/C24H30N4O/c1-16-10-21-23(11-17(16)2)28(15-25-21)14-22(19-8-9-19)26-24(29)20-7-5-6-18(12-20)13-27(3)4/h5-7,10-12,15,19,22H,8-9,13-14H2,1-4H3,(H,26,29)/t22-/m0/s1. The van der Waals surface area contributed by atoms with Crippen LogP contribution >= 0.6 is 0 Å². The maximum Gasteiger partial charge on any atom is 0.251 e. The van der Waals surface area contributed by atoms with E-state index in [2.05, 4.69) is 51.8 Å². The molecule has 0 saturated heterocycles. The van der Waals surface area contributed by atoms with Crippen molar-refractivity contribution in [3.63, 3.8) is 0 Å². The summed E-state index contributed by atoms with van der Waals surface area (Å²) in [6.45, 7) is 5.83. The van der Waals surface area contributed by atoms with Crippen LogP contribution in [0.3, 0.4) is 0 Å². The van der Waals surface area contributed by atoms with Gasteiger partial charge in [0, 0.05) is 24.7 Å². The van der Waals surface area contributed by atoms with E-state index in [1.165, 1.54) is 24.0 Å². The summed E-state index contributed by atoms with van der Waals surface area (Å²) in [5.41, 5.74) is 6.57. The Morgan fingerprint density at radius 2 is 1.97 bits per heavy atom. The van der Waals surface area contributed by atoms with Gasteiger partial charge in [-0.25, -0.2) is 4.98 Å². The molecular weight excluding hydrogens is 360 g/mol. The Morgan fingerprint density at radius 3 is 2.69 bits per heavy atom. The van der Waals surface area contributed by atoms with Crippen LogP contribution in [-0.4, -0.2) is 40.5 Å². The minimum absolute atomic E-state index is 0.0129. The van der Waals surface area contributed by atoms with Crippen LogP contribution in [0.2, 0.25) is 0 Å². The van der Waals surface area contributed by atoms with Gasteiger partial charge >= 0.3 is 0 Å². The van der Waals surface area contributed by atoms with E-state index < -0.39 is 0 Å². The highest BCUT2D eigenvalue weighted by Gasteiger charge is 2.33. The van der Waals surface area contributed by atoms with Gasteiger partial charge in [-0.3, -0.25) is 4.79 Å². The number of hydrogen-bond acceptors (Lipinski definition) is 3. The van der Waals surface area contributed by atoms with Crippen molar-refractivity contribution in [3.05, 3.63) is 65.0 Å². The number of aromatic nitrogens is 2. The smallest absolute Gasteiger partial charge is 0.251 e. The molecule has 1 aromatic heterocycles. The van der Waals surface area contributed by atoms with Crippen LogP contribution in [0.15, 0.2) is 42.7 Å². The Kier molecular flexibility index (Phi) is 5.41. The molecule has 0 radical (unpaired) electrons. The molecule has 1 aliphatic carbocycles. The first-order valence-electron chi connectivity index (χ1n) is 10.4. The normalized spacial score (nSPS) is 15.1. The lowest BCUT2D eigenvalue weighted by Crippen LogP contribution is -2.39. The second-order valence-electron chi connectivity index (χ2n) is 8.68. The summed E-state index contributed by atoms with van der Waals surface area (Å²) in [6, 6.07) is 12.4. The van der Waals surface area contributed by atoms with Crippen molar-refractivity contribution in [2.24, 2.45) is 5.92 Å². The molecule has 1 aliphatic rings. The number of rotatable bonds is 7. The molecule has 3 aromatic rings. The Labute approximate surface area is 172 Å². The van der Waals surface area contributed by atoms with Crippen molar-refractivity contribution in [1.82, 2.24) is 19.8 Å². The van der Waals surface area contributed by atoms with Gasteiger partial charge in [0.2, 0.25) is 0 Å². The topological polar surface area (TPSA) is 50.2 Å². The second kappa shape index (κ2) is 7.99. The zero-order chi connectivity index (χ0) is 20.5. The SMILES string of the molecule is Cc1cc2ncn(C[C@H](NC(=O)c3cccc(CN(C)C)c3)C3CC3)c2cc1C. The van der Waals surface area contributed by atoms with Crippen LogP contribution in [0.25, 0.3) is 11.0 Å². The van der Waals surface area contributed by atoms with Crippen molar-refractivity contribution < 1.29 is 4.79 Å². The molecular formula is C24H30N4O. The van der Waals surface area contributed by atoms with Gasteiger partial charge in [0.1, 0.15) is 0 Å². The first-order chi connectivity index (χ1) is 13.9. The molecule has 0 bridgehead atoms. The van der Waals surface area contributed by atoms with Gasteiger partial charge in [0.15, 0.2) is 0 Å². The Bertz CT molecular complexity index is 1030. The summed E-state index contributed by atoms with van der Waals surface area (Å²) in [7, 11) is 4.07. The predicted octanol–water partition coefficient (Wildman–Crippen LogP) is 3.92. The number of nitrogens with one attached hydrogen (secondary N) is 1. The van der Waals surface area contributed by atoms with Crippen LogP contribution in [0, 0.1) is 19.8 Å². The van der Waals surface area contributed by atoms with E-state index in [1.807, 2.05) is 38.6 Å². The molecule has 5 nitrogen and oxygen atoms in total. The number of benzene rings is 2. The fraction of sp³-hybridized carbons (Fsp3) is 0.417. The maximum absolute atomic E-state index is 13.0. The molecule has 0 unspecified atom stereocenters. The average Bonchev–Trinajstić information content (AvgIpc) is 3.45. The highest BCUT2D eigenvalue weighted by Crippen LogP contribution is 2.34. The van der Waals surface area contributed by atoms with Gasteiger partial charge in [-0.05, 0) is 87.7 Å². The first kappa shape index (κ1) is 19.6. The minimum atomic E-state index is 0.0129. The number of carbonyl (C=O) groups is 1. The van der Waals surface area contributed by atoms with Crippen molar-refractivity contribution >= 4 is 16.9 Å².